The number of hydrogen-bond donors (Lipinski definition) is 1. The third kappa shape index (κ3) is 3.13. The van der Waals surface area contributed by atoms with E-state index in [1.807, 2.05) is 52.9 Å². The molecule has 2 N–H and O–H groups in total. The quantitative estimate of drug-likeness (QED) is 0.661. The summed E-state index contributed by atoms with van der Waals surface area (Å²) in [6.07, 6.45) is 0. The van der Waals surface area contributed by atoms with E-state index in [1.54, 1.807) is 0 Å². The number of nitrogen functional groups attached to an aromatic ring is 1. The summed E-state index contributed by atoms with van der Waals surface area (Å²) in [5, 5.41) is 7.24. The topological polar surface area (TPSA) is 91.0 Å². The van der Waals surface area contributed by atoms with Gasteiger partial charge in [0.25, 0.3) is 0 Å². The lowest BCUT2D eigenvalue weighted by Gasteiger charge is -2.05. The number of anilines is 1. The predicted molar refractivity (Wildman–Crippen MR) is 72.5 cm³/mol. The first-order chi connectivity index (χ1) is 8.66. The van der Waals surface area contributed by atoms with Crippen LogP contribution in [0, 0.1) is 3.70 Å². The number of carbonyl (C=O) groups is 1. The van der Waals surface area contributed by atoms with Crippen LogP contribution in [0.5, 0.6) is 0 Å². The molecular weight excluding hydrogens is 347 g/mol. The number of benzene rings is 1. The average Bonchev–Trinajstić information content (AvgIpc) is 2.40. The van der Waals surface area contributed by atoms with Crippen molar-refractivity contribution in [3.05, 3.63) is 45.3 Å². The lowest BCUT2D eigenvalue weighted by Crippen LogP contribution is -2.13. The summed E-state index contributed by atoms with van der Waals surface area (Å²) in [4.78, 5) is 15.6. The molecule has 7 heteroatoms. The highest BCUT2D eigenvalue weighted by Crippen LogP contribution is 2.09. The molecule has 0 aliphatic heterocycles. The maximum absolute atomic E-state index is 11.8. The van der Waals surface area contributed by atoms with Gasteiger partial charge in [0.15, 0.2) is 9.39 Å². The summed E-state index contributed by atoms with van der Waals surface area (Å²) >= 11 is 1.85. The molecule has 0 saturated heterocycles. The zero-order chi connectivity index (χ0) is 13.0. The van der Waals surface area contributed by atoms with Gasteiger partial charge in [-0.25, -0.2) is 9.78 Å². The van der Waals surface area contributed by atoms with Crippen LogP contribution < -0.4 is 5.73 Å². The van der Waals surface area contributed by atoms with Gasteiger partial charge in [0.1, 0.15) is 6.61 Å². The Morgan fingerprint density at radius 1 is 1.28 bits per heavy atom. The SMILES string of the molecule is Nc1nnc(I)c(C(=O)OCc2ccccc2)n1. The molecule has 0 atom stereocenters. The Bertz CT molecular complexity index is 562. The standard InChI is InChI=1S/C11H9IN4O2/c12-9-8(14-11(13)16-15-9)10(17)18-6-7-4-2-1-3-5-7/h1-5H,6H2,(H2,13,14,16). The van der Waals surface area contributed by atoms with E-state index in [0.29, 0.717) is 3.70 Å². The van der Waals surface area contributed by atoms with Gasteiger partial charge in [0, 0.05) is 0 Å². The second-order valence-electron chi connectivity index (χ2n) is 3.37. The van der Waals surface area contributed by atoms with Crippen LogP contribution in [-0.2, 0) is 11.3 Å². The number of halogens is 1. The van der Waals surface area contributed by atoms with E-state index in [0.717, 1.165) is 5.56 Å². The largest absolute Gasteiger partial charge is 0.456 e. The van der Waals surface area contributed by atoms with Gasteiger partial charge >= 0.3 is 5.97 Å². The minimum absolute atomic E-state index is 0.0536. The van der Waals surface area contributed by atoms with Gasteiger partial charge in [0.05, 0.1) is 0 Å². The van der Waals surface area contributed by atoms with E-state index in [1.165, 1.54) is 0 Å². The first kappa shape index (κ1) is 12.7. The molecule has 0 spiro atoms. The van der Waals surface area contributed by atoms with E-state index >= 15 is 0 Å². The fraction of sp³-hybridized carbons (Fsp3) is 0.0909. The normalized spacial score (nSPS) is 10.1. The fourth-order valence-corrected chi connectivity index (χ4v) is 1.70. The molecule has 0 bridgehead atoms. The molecule has 0 fully saturated rings. The third-order valence-corrected chi connectivity index (χ3v) is 2.79. The number of ether oxygens (including phenoxy) is 1. The van der Waals surface area contributed by atoms with Crippen LogP contribution in [0.25, 0.3) is 0 Å². The van der Waals surface area contributed by atoms with E-state index < -0.39 is 5.97 Å². The summed E-state index contributed by atoms with van der Waals surface area (Å²) in [5.41, 5.74) is 6.36. The molecule has 1 aromatic carbocycles. The van der Waals surface area contributed by atoms with Crippen LogP contribution >= 0.6 is 22.6 Å². The van der Waals surface area contributed by atoms with Crippen LogP contribution in [-0.4, -0.2) is 21.2 Å². The van der Waals surface area contributed by atoms with Gasteiger partial charge in [-0.3, -0.25) is 0 Å². The van der Waals surface area contributed by atoms with E-state index in [-0.39, 0.29) is 18.2 Å². The number of carbonyl (C=O) groups excluding carboxylic acids is 1. The maximum atomic E-state index is 11.8. The number of nitrogens with two attached hydrogens (primary N) is 1. The van der Waals surface area contributed by atoms with E-state index in [2.05, 4.69) is 15.2 Å². The molecule has 0 aliphatic carbocycles. The van der Waals surface area contributed by atoms with Crippen LogP contribution in [0.15, 0.2) is 30.3 Å². The Morgan fingerprint density at radius 2 is 2.00 bits per heavy atom. The molecule has 0 unspecified atom stereocenters. The molecule has 1 aromatic heterocycles. The van der Waals surface area contributed by atoms with Gasteiger partial charge in [-0.2, -0.15) is 0 Å². The maximum Gasteiger partial charge on any atom is 0.360 e. The number of aromatic nitrogens is 3. The number of esters is 1. The van der Waals surface area contributed by atoms with Crippen LogP contribution in [0.3, 0.4) is 0 Å². The average molecular weight is 356 g/mol. The summed E-state index contributed by atoms with van der Waals surface area (Å²) in [7, 11) is 0. The third-order valence-electron chi connectivity index (χ3n) is 2.07. The van der Waals surface area contributed by atoms with Crippen molar-refractivity contribution in [1.82, 2.24) is 15.2 Å². The number of rotatable bonds is 3. The second kappa shape index (κ2) is 5.71. The zero-order valence-electron chi connectivity index (χ0n) is 9.21. The molecule has 2 rings (SSSR count). The monoisotopic (exact) mass is 356 g/mol. The van der Waals surface area contributed by atoms with Crippen molar-refractivity contribution < 1.29 is 9.53 Å². The molecular formula is C11H9IN4O2. The smallest absolute Gasteiger partial charge is 0.360 e. The summed E-state index contributed by atoms with van der Waals surface area (Å²) < 4.78 is 5.48. The van der Waals surface area contributed by atoms with Gasteiger partial charge in [-0.05, 0) is 28.2 Å². The highest BCUT2D eigenvalue weighted by molar-refractivity contribution is 14.1. The molecule has 1 heterocycles. The number of hydrogen-bond acceptors (Lipinski definition) is 6. The molecule has 0 radical (unpaired) electrons. The van der Waals surface area contributed by atoms with Crippen molar-refractivity contribution in [2.45, 2.75) is 6.61 Å². The van der Waals surface area contributed by atoms with Crippen molar-refractivity contribution in [3.63, 3.8) is 0 Å². The second-order valence-corrected chi connectivity index (χ2v) is 4.39. The molecule has 92 valence electrons. The van der Waals surface area contributed by atoms with Crippen LogP contribution in [0.1, 0.15) is 16.1 Å². The molecule has 6 nitrogen and oxygen atoms in total. The van der Waals surface area contributed by atoms with Crippen molar-refractivity contribution in [1.29, 1.82) is 0 Å². The number of nitrogens with zero attached hydrogens (tertiary/aromatic N) is 3. The lowest BCUT2D eigenvalue weighted by molar-refractivity contribution is 0.0463. The van der Waals surface area contributed by atoms with Crippen LogP contribution in [0.4, 0.5) is 5.95 Å². The highest BCUT2D eigenvalue weighted by Gasteiger charge is 2.16. The predicted octanol–water partition coefficient (Wildman–Crippen LogP) is 1.42. The first-order valence-corrected chi connectivity index (χ1v) is 6.11. The Balaban J connectivity index is 2.06. The van der Waals surface area contributed by atoms with E-state index in [4.69, 9.17) is 10.5 Å². The molecule has 2 aromatic rings. The lowest BCUT2D eigenvalue weighted by atomic mass is 10.2. The summed E-state index contributed by atoms with van der Waals surface area (Å²) in [5.74, 6) is -0.619. The van der Waals surface area contributed by atoms with Crippen molar-refractivity contribution >= 4 is 34.5 Å². The Hall–Kier alpha value is -1.77. The Labute approximate surface area is 117 Å². The van der Waals surface area contributed by atoms with Crippen molar-refractivity contribution in [3.8, 4) is 0 Å². The molecule has 18 heavy (non-hydrogen) atoms. The van der Waals surface area contributed by atoms with Crippen LogP contribution in [0.2, 0.25) is 0 Å². The fourth-order valence-electron chi connectivity index (χ4n) is 1.25. The van der Waals surface area contributed by atoms with Crippen molar-refractivity contribution in [2.24, 2.45) is 0 Å². The summed E-state index contributed by atoms with van der Waals surface area (Å²) in [6.45, 7) is 0.180. The van der Waals surface area contributed by atoms with Gasteiger partial charge in [0.2, 0.25) is 5.95 Å². The minimum Gasteiger partial charge on any atom is -0.456 e. The molecule has 0 amide bonds. The Morgan fingerprint density at radius 3 is 2.72 bits per heavy atom. The van der Waals surface area contributed by atoms with Gasteiger partial charge in [-0.1, -0.05) is 30.3 Å². The minimum atomic E-state index is -0.565. The van der Waals surface area contributed by atoms with Crippen molar-refractivity contribution in [2.75, 3.05) is 5.73 Å². The molecule has 0 saturated carbocycles. The highest BCUT2D eigenvalue weighted by atomic mass is 127. The molecule has 0 aliphatic rings. The van der Waals surface area contributed by atoms with Gasteiger partial charge in [-0.15, -0.1) is 10.2 Å². The first-order valence-electron chi connectivity index (χ1n) is 5.03. The van der Waals surface area contributed by atoms with E-state index in [9.17, 15) is 4.79 Å². The van der Waals surface area contributed by atoms with Gasteiger partial charge < -0.3 is 10.5 Å². The Kier molecular flexibility index (Phi) is 4.03. The zero-order valence-corrected chi connectivity index (χ0v) is 11.4. The summed E-state index contributed by atoms with van der Waals surface area (Å²) in [6, 6.07) is 9.37.